The van der Waals surface area contributed by atoms with Crippen LogP contribution in [0, 0.1) is 11.8 Å². The molecular weight excluding hydrogens is 226 g/mol. The number of hydrogen-bond acceptors (Lipinski definition) is 3. The highest BCUT2D eigenvalue weighted by atomic mass is 16.1. The number of anilines is 1. The van der Waals surface area contributed by atoms with Gasteiger partial charge in [-0.05, 0) is 37.3 Å². The monoisotopic (exact) mass is 245 g/mol. The minimum absolute atomic E-state index is 0.160. The Labute approximate surface area is 107 Å². The predicted molar refractivity (Wildman–Crippen MR) is 70.8 cm³/mol. The summed E-state index contributed by atoms with van der Waals surface area (Å²) in [5, 5.41) is 3.01. The van der Waals surface area contributed by atoms with Gasteiger partial charge in [-0.2, -0.15) is 0 Å². The first-order chi connectivity index (χ1) is 8.83. The van der Waals surface area contributed by atoms with E-state index < -0.39 is 0 Å². The molecule has 3 rings (SSSR count). The molecule has 1 amide bonds. The summed E-state index contributed by atoms with van der Waals surface area (Å²) in [6.45, 7) is 0.986. The molecule has 1 aromatic carbocycles. The highest BCUT2D eigenvalue weighted by molar-refractivity contribution is 5.92. The first-order valence-corrected chi connectivity index (χ1v) is 6.67. The Morgan fingerprint density at radius 2 is 2.06 bits per heavy atom. The number of benzene rings is 1. The van der Waals surface area contributed by atoms with Gasteiger partial charge in [0.05, 0.1) is 0 Å². The lowest BCUT2D eigenvalue weighted by Crippen LogP contribution is -2.38. The van der Waals surface area contributed by atoms with E-state index in [4.69, 9.17) is 0 Å². The van der Waals surface area contributed by atoms with Crippen molar-refractivity contribution in [3.63, 3.8) is 0 Å². The summed E-state index contributed by atoms with van der Waals surface area (Å²) in [4.78, 5) is 12.2. The van der Waals surface area contributed by atoms with Crippen LogP contribution < -0.4 is 16.2 Å². The van der Waals surface area contributed by atoms with Gasteiger partial charge < -0.3 is 5.32 Å². The molecular formula is C14H19N3O. The van der Waals surface area contributed by atoms with Gasteiger partial charge in [0.1, 0.15) is 0 Å². The Kier molecular flexibility index (Phi) is 3.30. The molecule has 18 heavy (non-hydrogen) atoms. The van der Waals surface area contributed by atoms with E-state index in [9.17, 15) is 4.79 Å². The summed E-state index contributed by atoms with van der Waals surface area (Å²) in [6.07, 6.45) is 3.06. The topological polar surface area (TPSA) is 53.2 Å². The molecule has 4 heteroatoms. The molecule has 3 atom stereocenters. The van der Waals surface area contributed by atoms with Gasteiger partial charge in [-0.15, -0.1) is 0 Å². The maximum absolute atomic E-state index is 12.2. The molecule has 2 fully saturated rings. The maximum Gasteiger partial charge on any atom is 0.227 e. The van der Waals surface area contributed by atoms with Crippen LogP contribution in [0.15, 0.2) is 30.3 Å². The van der Waals surface area contributed by atoms with E-state index in [1.54, 1.807) is 0 Å². The van der Waals surface area contributed by atoms with E-state index in [-0.39, 0.29) is 11.8 Å². The molecule has 1 aromatic rings. The summed E-state index contributed by atoms with van der Waals surface area (Å²) in [7, 11) is 0. The van der Waals surface area contributed by atoms with Crippen LogP contribution in [0.4, 0.5) is 5.69 Å². The van der Waals surface area contributed by atoms with Crippen molar-refractivity contribution < 1.29 is 4.79 Å². The van der Waals surface area contributed by atoms with Crippen LogP contribution in [0.1, 0.15) is 19.3 Å². The second kappa shape index (κ2) is 5.08. The molecule has 1 aliphatic carbocycles. The number of para-hydroxylation sites is 1. The molecule has 1 aliphatic heterocycles. The Morgan fingerprint density at radius 3 is 2.89 bits per heavy atom. The van der Waals surface area contributed by atoms with E-state index in [1.165, 1.54) is 0 Å². The first kappa shape index (κ1) is 11.7. The zero-order chi connectivity index (χ0) is 12.4. The third-order valence-electron chi connectivity index (χ3n) is 4.05. The summed E-state index contributed by atoms with van der Waals surface area (Å²) in [5.41, 5.74) is 7.37. The van der Waals surface area contributed by atoms with Gasteiger partial charge in [-0.3, -0.25) is 15.6 Å². The highest BCUT2D eigenvalue weighted by Gasteiger charge is 2.36. The summed E-state index contributed by atoms with van der Waals surface area (Å²) < 4.78 is 0. The van der Waals surface area contributed by atoms with Crippen molar-refractivity contribution in [1.82, 2.24) is 10.9 Å². The number of hydrogen-bond donors (Lipinski definition) is 3. The quantitative estimate of drug-likeness (QED) is 0.740. The molecule has 1 heterocycles. The number of amides is 1. The number of fused-ring (bicyclic) bond motifs is 1. The van der Waals surface area contributed by atoms with Crippen molar-refractivity contribution in [1.29, 1.82) is 0 Å². The summed E-state index contributed by atoms with van der Waals surface area (Å²) >= 11 is 0. The van der Waals surface area contributed by atoms with E-state index >= 15 is 0 Å². The maximum atomic E-state index is 12.2. The number of nitrogens with one attached hydrogen (secondary N) is 3. The third kappa shape index (κ3) is 2.40. The van der Waals surface area contributed by atoms with Gasteiger partial charge in [0.15, 0.2) is 0 Å². The normalized spacial score (nSPS) is 30.8. The van der Waals surface area contributed by atoms with Gasteiger partial charge in [-0.1, -0.05) is 18.2 Å². The van der Waals surface area contributed by atoms with Crippen molar-refractivity contribution in [3.05, 3.63) is 30.3 Å². The van der Waals surface area contributed by atoms with E-state index in [2.05, 4.69) is 16.2 Å². The molecule has 96 valence electrons. The standard InChI is InChI=1S/C14H19N3O/c18-14(16-12-4-2-1-3-5-12)10-6-7-13-11(8-10)9-15-17-13/h1-5,10-11,13,15,17H,6-9H2,(H,16,18). The second-order valence-electron chi connectivity index (χ2n) is 5.26. The van der Waals surface area contributed by atoms with Gasteiger partial charge >= 0.3 is 0 Å². The van der Waals surface area contributed by atoms with Crippen LogP contribution >= 0.6 is 0 Å². The van der Waals surface area contributed by atoms with Gasteiger partial charge in [0, 0.05) is 24.2 Å². The highest BCUT2D eigenvalue weighted by Crippen LogP contribution is 2.31. The van der Waals surface area contributed by atoms with Crippen LogP contribution in [-0.2, 0) is 4.79 Å². The van der Waals surface area contributed by atoms with Crippen molar-refractivity contribution in [3.8, 4) is 0 Å². The van der Waals surface area contributed by atoms with Crippen molar-refractivity contribution in [2.24, 2.45) is 11.8 Å². The number of carbonyl (C=O) groups excluding carboxylic acids is 1. The van der Waals surface area contributed by atoms with Crippen LogP contribution in [0.5, 0.6) is 0 Å². The van der Waals surface area contributed by atoms with Crippen LogP contribution in [0.2, 0.25) is 0 Å². The van der Waals surface area contributed by atoms with Crippen molar-refractivity contribution in [2.45, 2.75) is 25.3 Å². The predicted octanol–water partition coefficient (Wildman–Crippen LogP) is 1.52. The fourth-order valence-electron chi connectivity index (χ4n) is 3.00. The molecule has 3 unspecified atom stereocenters. The van der Waals surface area contributed by atoms with Crippen LogP contribution in [0.3, 0.4) is 0 Å². The molecule has 0 bridgehead atoms. The van der Waals surface area contributed by atoms with E-state index in [0.29, 0.717) is 12.0 Å². The molecule has 1 saturated heterocycles. The zero-order valence-electron chi connectivity index (χ0n) is 10.4. The van der Waals surface area contributed by atoms with E-state index in [1.807, 2.05) is 30.3 Å². The minimum atomic E-state index is 0.160. The molecule has 4 nitrogen and oxygen atoms in total. The molecule has 1 saturated carbocycles. The molecule has 0 radical (unpaired) electrons. The lowest BCUT2D eigenvalue weighted by Gasteiger charge is -2.29. The fourth-order valence-corrected chi connectivity index (χ4v) is 3.00. The lowest BCUT2D eigenvalue weighted by atomic mass is 9.78. The zero-order valence-corrected chi connectivity index (χ0v) is 10.4. The summed E-state index contributed by atoms with van der Waals surface area (Å²) in [5.74, 6) is 0.935. The minimum Gasteiger partial charge on any atom is -0.326 e. The number of hydrazine groups is 1. The molecule has 0 spiro atoms. The third-order valence-corrected chi connectivity index (χ3v) is 4.05. The Balaban J connectivity index is 1.60. The smallest absolute Gasteiger partial charge is 0.227 e. The van der Waals surface area contributed by atoms with Crippen molar-refractivity contribution in [2.75, 3.05) is 11.9 Å². The van der Waals surface area contributed by atoms with Gasteiger partial charge in [0.25, 0.3) is 0 Å². The average molecular weight is 245 g/mol. The Morgan fingerprint density at radius 1 is 1.22 bits per heavy atom. The molecule has 0 aromatic heterocycles. The second-order valence-corrected chi connectivity index (χ2v) is 5.26. The van der Waals surface area contributed by atoms with E-state index in [0.717, 1.165) is 31.5 Å². The number of rotatable bonds is 2. The average Bonchev–Trinajstić information content (AvgIpc) is 2.87. The largest absolute Gasteiger partial charge is 0.326 e. The van der Waals surface area contributed by atoms with Crippen LogP contribution in [0.25, 0.3) is 0 Å². The number of carbonyl (C=O) groups is 1. The first-order valence-electron chi connectivity index (χ1n) is 6.67. The fraction of sp³-hybridized carbons (Fsp3) is 0.500. The molecule has 3 N–H and O–H groups in total. The Bertz CT molecular complexity index is 420. The van der Waals surface area contributed by atoms with Gasteiger partial charge in [0.2, 0.25) is 5.91 Å². The molecule has 2 aliphatic rings. The Hall–Kier alpha value is -1.39. The van der Waals surface area contributed by atoms with Crippen molar-refractivity contribution >= 4 is 11.6 Å². The lowest BCUT2D eigenvalue weighted by molar-refractivity contribution is -0.121. The SMILES string of the molecule is O=C(Nc1ccccc1)C1CCC2NNCC2C1. The van der Waals surface area contributed by atoms with Gasteiger partial charge in [-0.25, -0.2) is 0 Å². The summed E-state index contributed by atoms with van der Waals surface area (Å²) in [6, 6.07) is 10.3. The van der Waals surface area contributed by atoms with Crippen LogP contribution in [-0.4, -0.2) is 18.5 Å².